The van der Waals surface area contributed by atoms with E-state index in [1.165, 1.54) is 33.8 Å². The Balaban J connectivity index is 1.64. The van der Waals surface area contributed by atoms with Crippen molar-refractivity contribution in [3.63, 3.8) is 0 Å². The van der Waals surface area contributed by atoms with Gasteiger partial charge in [-0.15, -0.1) is 0 Å². The Kier molecular flexibility index (Phi) is 5.92. The SMILES string of the molecule is Cc1ccc(C)c(-n2c(C)cc([C@H]3[C@H](c4ccccn4)NC(=S)N3Cc3ccccn3)c2C)c1. The van der Waals surface area contributed by atoms with E-state index in [-0.39, 0.29) is 12.1 Å². The number of nitrogens with zero attached hydrogens (tertiary/aromatic N) is 4. The van der Waals surface area contributed by atoms with Crippen molar-refractivity contribution in [2.45, 2.75) is 46.3 Å². The van der Waals surface area contributed by atoms with Crippen LogP contribution in [0.5, 0.6) is 0 Å². The Morgan fingerprint density at radius 3 is 2.38 bits per heavy atom. The second-order valence-electron chi connectivity index (χ2n) is 9.03. The molecule has 0 unspecified atom stereocenters. The smallest absolute Gasteiger partial charge is 0.170 e. The second-order valence-corrected chi connectivity index (χ2v) is 9.41. The number of hydrogen-bond donors (Lipinski definition) is 1. The Morgan fingerprint density at radius 1 is 0.912 bits per heavy atom. The second kappa shape index (κ2) is 9.03. The lowest BCUT2D eigenvalue weighted by molar-refractivity contribution is 0.307. The van der Waals surface area contributed by atoms with Crippen LogP contribution < -0.4 is 5.32 Å². The fourth-order valence-electron chi connectivity index (χ4n) is 5.00. The summed E-state index contributed by atoms with van der Waals surface area (Å²) in [5.41, 5.74) is 9.37. The van der Waals surface area contributed by atoms with E-state index in [2.05, 4.69) is 82.8 Å². The maximum atomic E-state index is 5.86. The molecule has 1 aliphatic rings. The number of aromatic nitrogens is 3. The average Bonchev–Trinajstić information content (AvgIpc) is 3.31. The minimum absolute atomic E-state index is 0.00512. The molecule has 3 aromatic heterocycles. The van der Waals surface area contributed by atoms with E-state index >= 15 is 0 Å². The van der Waals surface area contributed by atoms with Gasteiger partial charge >= 0.3 is 0 Å². The number of hydrogen-bond acceptors (Lipinski definition) is 3. The fraction of sp³-hybridized carbons (Fsp3) is 0.250. The molecule has 1 saturated heterocycles. The topological polar surface area (TPSA) is 46.0 Å². The summed E-state index contributed by atoms with van der Waals surface area (Å²) in [6, 6.07) is 20.9. The molecule has 4 heterocycles. The molecule has 5 rings (SSSR count). The van der Waals surface area contributed by atoms with E-state index in [4.69, 9.17) is 12.2 Å². The number of aryl methyl sites for hydroxylation is 3. The summed E-state index contributed by atoms with van der Waals surface area (Å²) in [6.07, 6.45) is 3.68. The quantitative estimate of drug-likeness (QED) is 0.383. The van der Waals surface area contributed by atoms with Crippen LogP contribution in [0.25, 0.3) is 5.69 Å². The van der Waals surface area contributed by atoms with E-state index in [9.17, 15) is 0 Å². The molecular formula is C28H29N5S. The van der Waals surface area contributed by atoms with Crippen LogP contribution in [0.4, 0.5) is 0 Å². The van der Waals surface area contributed by atoms with Crippen LogP contribution >= 0.6 is 12.2 Å². The first-order valence-electron chi connectivity index (χ1n) is 11.6. The van der Waals surface area contributed by atoms with Gasteiger partial charge < -0.3 is 14.8 Å². The van der Waals surface area contributed by atoms with Gasteiger partial charge in [-0.2, -0.15) is 0 Å². The summed E-state index contributed by atoms with van der Waals surface area (Å²) in [5.74, 6) is 0. The Bertz CT molecular complexity index is 1330. The monoisotopic (exact) mass is 467 g/mol. The normalized spacial score (nSPS) is 17.8. The minimum atomic E-state index is -0.0510. The molecule has 1 aromatic carbocycles. The number of pyridine rings is 2. The number of thiocarbonyl (C=S) groups is 1. The zero-order valence-electron chi connectivity index (χ0n) is 20.0. The highest BCUT2D eigenvalue weighted by Gasteiger charge is 2.41. The first-order valence-corrected chi connectivity index (χ1v) is 12.0. The number of benzene rings is 1. The fourth-order valence-corrected chi connectivity index (χ4v) is 5.30. The van der Waals surface area contributed by atoms with Crippen LogP contribution in [0.15, 0.2) is 73.1 Å². The third-order valence-electron chi connectivity index (χ3n) is 6.65. The maximum absolute atomic E-state index is 5.86. The van der Waals surface area contributed by atoms with Crippen molar-refractivity contribution in [2.24, 2.45) is 0 Å². The number of nitrogens with one attached hydrogen (secondary N) is 1. The van der Waals surface area contributed by atoms with Crippen LogP contribution in [-0.4, -0.2) is 24.5 Å². The van der Waals surface area contributed by atoms with Crippen molar-refractivity contribution in [3.05, 3.63) is 113 Å². The van der Waals surface area contributed by atoms with Gasteiger partial charge in [-0.3, -0.25) is 9.97 Å². The standard InChI is InChI=1S/C28H29N5S/c1-18-11-12-19(2)25(15-18)33-20(3)16-23(21(33)4)27-26(24-10-6-8-14-30-24)31-28(34)32(27)17-22-9-5-7-13-29-22/h5-16,26-27H,17H2,1-4H3,(H,31,34)/t26-,27-/m0/s1. The predicted octanol–water partition coefficient (Wildman–Crippen LogP) is 5.67. The summed E-state index contributed by atoms with van der Waals surface area (Å²) in [4.78, 5) is 11.5. The van der Waals surface area contributed by atoms with Crippen LogP contribution in [0.2, 0.25) is 0 Å². The van der Waals surface area contributed by atoms with Gasteiger partial charge in [0.15, 0.2) is 5.11 Å². The largest absolute Gasteiger partial charge is 0.352 e. The zero-order valence-corrected chi connectivity index (χ0v) is 20.8. The van der Waals surface area contributed by atoms with Crippen molar-refractivity contribution in [1.82, 2.24) is 24.8 Å². The lowest BCUT2D eigenvalue weighted by atomic mass is 9.96. The van der Waals surface area contributed by atoms with Crippen LogP contribution in [0.3, 0.4) is 0 Å². The molecule has 5 nitrogen and oxygen atoms in total. The zero-order chi connectivity index (χ0) is 23.8. The Labute approximate surface area is 206 Å². The first kappa shape index (κ1) is 22.3. The average molecular weight is 468 g/mol. The summed E-state index contributed by atoms with van der Waals surface area (Å²) < 4.78 is 2.37. The molecule has 0 aliphatic carbocycles. The molecule has 2 atom stereocenters. The highest BCUT2D eigenvalue weighted by molar-refractivity contribution is 7.80. The highest BCUT2D eigenvalue weighted by atomic mass is 32.1. The third kappa shape index (κ3) is 3.99. The van der Waals surface area contributed by atoms with Crippen molar-refractivity contribution in [2.75, 3.05) is 0 Å². The molecule has 1 N–H and O–H groups in total. The first-order chi connectivity index (χ1) is 16.4. The Morgan fingerprint density at radius 2 is 1.68 bits per heavy atom. The molecule has 34 heavy (non-hydrogen) atoms. The van der Waals surface area contributed by atoms with Gasteiger partial charge in [0.2, 0.25) is 0 Å². The van der Waals surface area contributed by atoms with E-state index in [0.717, 1.165) is 16.5 Å². The molecule has 0 saturated carbocycles. The van der Waals surface area contributed by atoms with Gasteiger partial charge in [0.25, 0.3) is 0 Å². The minimum Gasteiger partial charge on any atom is -0.352 e. The molecule has 0 radical (unpaired) electrons. The number of rotatable bonds is 5. The van der Waals surface area contributed by atoms with Gasteiger partial charge in [0.1, 0.15) is 0 Å². The molecular weight excluding hydrogens is 438 g/mol. The molecule has 0 spiro atoms. The van der Waals surface area contributed by atoms with Gasteiger partial charge in [-0.25, -0.2) is 0 Å². The van der Waals surface area contributed by atoms with E-state index in [1.54, 1.807) is 0 Å². The molecule has 1 fully saturated rings. The van der Waals surface area contributed by atoms with Gasteiger partial charge in [0, 0.05) is 29.5 Å². The van der Waals surface area contributed by atoms with Crippen LogP contribution in [0.1, 0.15) is 51.5 Å². The van der Waals surface area contributed by atoms with Crippen molar-refractivity contribution in [1.29, 1.82) is 0 Å². The summed E-state index contributed by atoms with van der Waals surface area (Å²) in [6.45, 7) is 9.33. The van der Waals surface area contributed by atoms with Crippen LogP contribution in [-0.2, 0) is 6.54 Å². The molecule has 4 aromatic rings. The van der Waals surface area contributed by atoms with Crippen molar-refractivity contribution >= 4 is 17.3 Å². The highest BCUT2D eigenvalue weighted by Crippen LogP contribution is 2.42. The Hall–Kier alpha value is -3.51. The molecule has 1 aliphatic heterocycles. The maximum Gasteiger partial charge on any atom is 0.170 e. The van der Waals surface area contributed by atoms with Crippen molar-refractivity contribution < 1.29 is 0 Å². The van der Waals surface area contributed by atoms with Gasteiger partial charge in [0.05, 0.1) is 30.0 Å². The van der Waals surface area contributed by atoms with Crippen molar-refractivity contribution in [3.8, 4) is 5.69 Å². The lowest BCUT2D eigenvalue weighted by Crippen LogP contribution is -2.29. The van der Waals surface area contributed by atoms with Gasteiger partial charge in [-0.1, -0.05) is 24.3 Å². The summed E-state index contributed by atoms with van der Waals surface area (Å²) in [7, 11) is 0. The summed E-state index contributed by atoms with van der Waals surface area (Å²) in [5, 5.41) is 4.29. The van der Waals surface area contributed by atoms with Gasteiger partial charge in [-0.05, 0) is 93.0 Å². The molecule has 0 bridgehead atoms. The predicted molar refractivity (Wildman–Crippen MR) is 140 cm³/mol. The summed E-state index contributed by atoms with van der Waals surface area (Å²) >= 11 is 5.86. The van der Waals surface area contributed by atoms with E-state index < -0.39 is 0 Å². The third-order valence-corrected chi connectivity index (χ3v) is 7.00. The van der Waals surface area contributed by atoms with Crippen LogP contribution in [0, 0.1) is 27.7 Å². The molecule has 172 valence electrons. The van der Waals surface area contributed by atoms with E-state index in [1.807, 2.05) is 42.7 Å². The molecule has 0 amide bonds. The lowest BCUT2D eigenvalue weighted by Gasteiger charge is -2.28. The molecule has 6 heteroatoms. The van der Waals surface area contributed by atoms with E-state index in [0.29, 0.717) is 6.54 Å².